The Labute approximate surface area is 348 Å². The number of alkyl carbamates (subject to hydrolysis) is 1. The van der Waals surface area contributed by atoms with E-state index in [2.05, 4.69) is 5.32 Å². The van der Waals surface area contributed by atoms with Crippen LogP contribution in [0.4, 0.5) is 4.79 Å². The van der Waals surface area contributed by atoms with Crippen molar-refractivity contribution >= 4 is 35.8 Å². The van der Waals surface area contributed by atoms with Crippen LogP contribution in [0.1, 0.15) is 96.6 Å². The van der Waals surface area contributed by atoms with E-state index in [0.717, 1.165) is 6.92 Å². The van der Waals surface area contributed by atoms with Crippen molar-refractivity contribution in [2.24, 2.45) is 22.7 Å². The maximum Gasteiger partial charge on any atom is 0.408 e. The lowest BCUT2D eigenvalue weighted by Crippen LogP contribution is -2.78. The number of ketones is 1. The van der Waals surface area contributed by atoms with Crippen molar-refractivity contribution in [3.05, 3.63) is 82.9 Å². The van der Waals surface area contributed by atoms with Gasteiger partial charge in [0.25, 0.3) is 0 Å². The molecule has 6 unspecified atom stereocenters. The molecular weight excluding hydrogens is 778 g/mol. The fourth-order valence-corrected chi connectivity index (χ4v) is 10.4. The van der Waals surface area contributed by atoms with Gasteiger partial charge in [-0.3, -0.25) is 14.4 Å². The number of hydrogen-bond donors (Lipinski definition) is 3. The minimum absolute atomic E-state index is 0.128. The van der Waals surface area contributed by atoms with Crippen molar-refractivity contribution in [3.8, 4) is 0 Å². The van der Waals surface area contributed by atoms with Crippen molar-refractivity contribution in [1.29, 1.82) is 0 Å². The number of ether oxygens (including phenoxy) is 6. The van der Waals surface area contributed by atoms with E-state index >= 15 is 4.79 Å². The Kier molecular flexibility index (Phi) is 10.8. The highest BCUT2D eigenvalue weighted by molar-refractivity contribution is 5.97. The summed E-state index contributed by atoms with van der Waals surface area (Å²) in [5, 5.41) is 27.9. The van der Waals surface area contributed by atoms with Crippen LogP contribution in [0, 0.1) is 22.7 Å². The maximum atomic E-state index is 15.4. The lowest BCUT2D eigenvalue weighted by atomic mass is 9.48. The summed E-state index contributed by atoms with van der Waals surface area (Å²) < 4.78 is 36.0. The highest BCUT2D eigenvalue weighted by Crippen LogP contribution is 2.74. The first kappa shape index (κ1) is 43.0. The predicted octanol–water partition coefficient (Wildman–Crippen LogP) is 4.47. The lowest BCUT2D eigenvalue weighted by molar-refractivity contribution is -0.323. The Morgan fingerprint density at radius 1 is 0.900 bits per heavy atom. The van der Waals surface area contributed by atoms with Crippen LogP contribution in [0.15, 0.2) is 71.8 Å². The molecule has 7 rings (SSSR count). The number of aliphatic hydroxyl groups excluding tert-OH is 1. The third-order valence-corrected chi connectivity index (χ3v) is 13.2. The fraction of sp³-hybridized carbons (Fsp3) is 0.556. The quantitative estimate of drug-likeness (QED) is 0.181. The van der Waals surface area contributed by atoms with E-state index in [4.69, 9.17) is 28.4 Å². The van der Waals surface area contributed by atoms with Crippen molar-refractivity contribution in [2.45, 2.75) is 128 Å². The largest absolute Gasteiger partial charge is 0.456 e. The molecule has 3 saturated carbocycles. The number of hydrogen-bond acceptors (Lipinski definition) is 14. The van der Waals surface area contributed by atoms with Crippen molar-refractivity contribution in [3.63, 3.8) is 0 Å². The van der Waals surface area contributed by atoms with Gasteiger partial charge in [-0.2, -0.15) is 0 Å². The van der Waals surface area contributed by atoms with Gasteiger partial charge in [0.1, 0.15) is 29.5 Å². The van der Waals surface area contributed by atoms with Crippen LogP contribution in [-0.4, -0.2) is 99.9 Å². The molecule has 1 aliphatic heterocycles. The van der Waals surface area contributed by atoms with Gasteiger partial charge in [0, 0.05) is 31.1 Å². The summed E-state index contributed by atoms with van der Waals surface area (Å²) in [7, 11) is 0. The average molecular weight is 832 g/mol. The van der Waals surface area contributed by atoms with Gasteiger partial charge in [-0.25, -0.2) is 14.4 Å². The van der Waals surface area contributed by atoms with Gasteiger partial charge in [-0.15, -0.1) is 0 Å². The first-order valence-corrected chi connectivity index (χ1v) is 20.2. The van der Waals surface area contributed by atoms with Gasteiger partial charge < -0.3 is 44.0 Å². The van der Waals surface area contributed by atoms with Gasteiger partial charge in [0.05, 0.1) is 24.1 Å². The average Bonchev–Trinajstić information content (AvgIpc) is 3.90. The van der Waals surface area contributed by atoms with Gasteiger partial charge in [-0.1, -0.05) is 62.4 Å². The Bertz CT molecular complexity index is 2110. The zero-order chi connectivity index (χ0) is 43.7. The molecule has 3 N–H and O–H groups in total. The van der Waals surface area contributed by atoms with Crippen LogP contribution < -0.4 is 5.32 Å². The van der Waals surface area contributed by atoms with E-state index in [9.17, 15) is 34.2 Å². The van der Waals surface area contributed by atoms with Crippen LogP contribution in [0.25, 0.3) is 0 Å². The zero-order valence-corrected chi connectivity index (χ0v) is 35.0. The molecule has 1 amide bonds. The monoisotopic (exact) mass is 831 g/mol. The third kappa shape index (κ3) is 7.07. The topological polar surface area (TPSA) is 210 Å². The second kappa shape index (κ2) is 15.1. The van der Waals surface area contributed by atoms with Crippen LogP contribution in [-0.2, 0) is 47.6 Å². The number of fused-ring (bicyclic) bond motifs is 4. The number of amides is 1. The van der Waals surface area contributed by atoms with Gasteiger partial charge in [0.15, 0.2) is 23.6 Å². The maximum absolute atomic E-state index is 15.4. The van der Waals surface area contributed by atoms with E-state index in [1.165, 1.54) is 19.1 Å². The van der Waals surface area contributed by atoms with Gasteiger partial charge in [-0.05, 0) is 75.3 Å². The second-order valence-electron chi connectivity index (χ2n) is 18.3. The SMILES string of the molecule is CC(=O)O[C@H]1C(=O)C23CC2CC2OC[C@@]2(OC(C)=O)C3[C@H](OC(=O)c2ccccc2)[C@]2(O)CC(OC(=O)C(O)[C@@H](NC(=O)OC(C)(C)C)c3ccccc3)C(C)=C1C2(C)C. The molecule has 0 radical (unpaired) electrons. The molecule has 0 aromatic heterocycles. The highest BCUT2D eigenvalue weighted by Gasteiger charge is 2.84. The van der Waals surface area contributed by atoms with Crippen molar-refractivity contribution in [1.82, 2.24) is 5.32 Å². The number of carbonyl (C=O) groups excluding carboxylic acids is 6. The number of Topliss-reactive ketones (excluding diaryl/α,β-unsaturated/α-hetero) is 1. The summed E-state index contributed by atoms with van der Waals surface area (Å²) in [6, 6.07) is 14.9. The number of carbonyl (C=O) groups is 6. The van der Waals surface area contributed by atoms with Crippen LogP contribution >= 0.6 is 0 Å². The summed E-state index contributed by atoms with van der Waals surface area (Å²) in [5.41, 5.74) is -6.79. The smallest absolute Gasteiger partial charge is 0.408 e. The predicted molar refractivity (Wildman–Crippen MR) is 210 cm³/mol. The summed E-state index contributed by atoms with van der Waals surface area (Å²) >= 11 is 0. The third-order valence-electron chi connectivity index (χ3n) is 13.2. The molecule has 5 aliphatic rings. The molecular formula is C45H53NO14. The molecule has 11 atom stereocenters. The lowest BCUT2D eigenvalue weighted by Gasteiger charge is -2.64. The standard InChI is InChI=1S/C45H53NO14/c1-23-29(57-39(52)33(49)32(26-15-11-9-12-16-26)46-40(53)60-41(4,5)6)21-45(54)37(58-38(51)27-17-13-10-14-18-27)35-43(36(50)34(56-24(2)47)31(23)42(45,7)8)20-28(43)19-30-44(35,22-55-30)59-25(3)48/h9-18,28-30,32-35,37,49,54H,19-22H2,1-8H3,(H,46,53)/t28?,29?,30?,32-,33?,34+,35?,37-,43?,44-,45+/m0/s1. The molecule has 1 heterocycles. The van der Waals surface area contributed by atoms with Crippen molar-refractivity contribution < 1.29 is 67.4 Å². The van der Waals surface area contributed by atoms with E-state index in [-0.39, 0.29) is 35.7 Å². The molecule has 15 nitrogen and oxygen atoms in total. The van der Waals surface area contributed by atoms with E-state index in [0.29, 0.717) is 12.0 Å². The second-order valence-corrected chi connectivity index (χ2v) is 18.3. The molecule has 4 fully saturated rings. The molecule has 2 aromatic carbocycles. The van der Waals surface area contributed by atoms with Crippen LogP contribution in [0.3, 0.4) is 0 Å². The number of nitrogens with one attached hydrogen (secondary N) is 1. The summed E-state index contributed by atoms with van der Waals surface area (Å²) in [5.74, 6) is -5.65. The molecule has 15 heteroatoms. The van der Waals surface area contributed by atoms with Crippen LogP contribution in [0.2, 0.25) is 0 Å². The highest BCUT2D eigenvalue weighted by atomic mass is 16.6. The Balaban J connectivity index is 1.37. The Hall–Kier alpha value is -5.12. The first-order valence-electron chi connectivity index (χ1n) is 20.2. The fourth-order valence-electron chi connectivity index (χ4n) is 10.4. The Morgan fingerprint density at radius 3 is 2.10 bits per heavy atom. The van der Waals surface area contributed by atoms with Gasteiger partial charge >= 0.3 is 30.0 Å². The van der Waals surface area contributed by atoms with Crippen LogP contribution in [0.5, 0.6) is 0 Å². The normalized spacial score (nSPS) is 33.3. The van der Waals surface area contributed by atoms with Gasteiger partial charge in [0.2, 0.25) is 0 Å². The summed E-state index contributed by atoms with van der Waals surface area (Å²) in [6.45, 7) is 12.0. The van der Waals surface area contributed by atoms with E-state index in [1.807, 2.05) is 0 Å². The first-order chi connectivity index (χ1) is 28.1. The molecule has 2 bridgehead atoms. The number of aliphatic hydroxyl groups is 2. The molecule has 322 valence electrons. The zero-order valence-electron chi connectivity index (χ0n) is 35.0. The minimum atomic E-state index is -2.25. The number of esters is 4. The number of benzene rings is 2. The minimum Gasteiger partial charge on any atom is -0.456 e. The molecule has 2 aromatic rings. The number of rotatable bonds is 9. The van der Waals surface area contributed by atoms with E-state index in [1.54, 1.807) is 90.1 Å². The molecule has 60 heavy (non-hydrogen) atoms. The molecule has 4 aliphatic carbocycles. The summed E-state index contributed by atoms with van der Waals surface area (Å²) in [4.78, 5) is 82.8. The summed E-state index contributed by atoms with van der Waals surface area (Å²) in [6.07, 6.45) is -8.18. The Morgan fingerprint density at radius 2 is 1.53 bits per heavy atom. The van der Waals surface area contributed by atoms with Crippen molar-refractivity contribution in [2.75, 3.05) is 6.61 Å². The molecule has 1 spiro atoms. The van der Waals surface area contributed by atoms with E-state index < -0.39 is 112 Å². The molecule has 1 saturated heterocycles.